The van der Waals surface area contributed by atoms with E-state index in [0.717, 1.165) is 13.1 Å². The number of carbonyl (C=O) groups is 1. The van der Waals surface area contributed by atoms with Crippen molar-refractivity contribution in [2.45, 2.75) is 45.4 Å². The van der Waals surface area contributed by atoms with Crippen LogP contribution in [-0.4, -0.2) is 47.3 Å². The van der Waals surface area contributed by atoms with Gasteiger partial charge in [0.1, 0.15) is 6.10 Å². The molecule has 1 heterocycles. The Morgan fingerprint density at radius 2 is 2.21 bits per heavy atom. The molecule has 1 fully saturated rings. The van der Waals surface area contributed by atoms with Crippen LogP contribution in [0.2, 0.25) is 0 Å². The molecule has 0 radical (unpaired) electrons. The first-order chi connectivity index (χ1) is 6.50. The maximum absolute atomic E-state index is 11.2. The zero-order valence-corrected chi connectivity index (χ0v) is 9.06. The number of carbonyl (C=O) groups excluding carboxylic acids is 1. The first-order valence-corrected chi connectivity index (χ1v) is 5.12. The van der Waals surface area contributed by atoms with Gasteiger partial charge in [0.05, 0.1) is 12.5 Å². The van der Waals surface area contributed by atoms with E-state index in [-0.39, 0.29) is 5.97 Å². The number of hydrogen-bond donors (Lipinski definition) is 1. The van der Waals surface area contributed by atoms with E-state index in [1.807, 2.05) is 0 Å². The quantitative estimate of drug-likeness (QED) is 0.516. The van der Waals surface area contributed by atoms with E-state index in [4.69, 9.17) is 9.84 Å². The monoisotopic (exact) mass is 201 g/mol. The van der Waals surface area contributed by atoms with Crippen LogP contribution in [0.1, 0.15) is 27.2 Å². The molecule has 1 aliphatic heterocycles. The van der Waals surface area contributed by atoms with Crippen LogP contribution in [0.3, 0.4) is 0 Å². The second kappa shape index (κ2) is 4.75. The fraction of sp³-hybridized carbons (Fsp3) is 0.900. The third kappa shape index (κ3) is 3.64. The highest BCUT2D eigenvalue weighted by Gasteiger charge is 2.29. The van der Waals surface area contributed by atoms with Gasteiger partial charge in [-0.2, -0.15) is 0 Å². The van der Waals surface area contributed by atoms with Gasteiger partial charge in [0.15, 0.2) is 0 Å². The van der Waals surface area contributed by atoms with Crippen LogP contribution in [0.4, 0.5) is 0 Å². The molecule has 0 spiro atoms. The van der Waals surface area contributed by atoms with Gasteiger partial charge >= 0.3 is 5.97 Å². The lowest BCUT2D eigenvalue weighted by molar-refractivity contribution is -0.153. The Balaban J connectivity index is 2.09. The summed E-state index contributed by atoms with van der Waals surface area (Å²) in [5.41, 5.74) is 0. The summed E-state index contributed by atoms with van der Waals surface area (Å²) in [5.74, 6) is -0.225. The van der Waals surface area contributed by atoms with Gasteiger partial charge < -0.3 is 9.84 Å². The van der Waals surface area contributed by atoms with Crippen molar-refractivity contribution in [3.05, 3.63) is 0 Å². The molecule has 4 heteroatoms. The summed E-state index contributed by atoms with van der Waals surface area (Å²) in [4.78, 5) is 13.4. The molecule has 0 saturated carbocycles. The summed E-state index contributed by atoms with van der Waals surface area (Å²) in [6.45, 7) is 7.29. The highest BCUT2D eigenvalue weighted by atomic mass is 16.6. The van der Waals surface area contributed by atoms with Gasteiger partial charge in [-0.3, -0.25) is 9.69 Å². The molecule has 4 unspecified atom stereocenters. The topological polar surface area (TPSA) is 49.5 Å². The Hall–Kier alpha value is -0.610. The van der Waals surface area contributed by atoms with Gasteiger partial charge in [-0.1, -0.05) is 0 Å². The molecule has 1 N–H and O–H groups in total. The van der Waals surface area contributed by atoms with Gasteiger partial charge in [0, 0.05) is 19.1 Å². The van der Waals surface area contributed by atoms with Crippen molar-refractivity contribution in [3.63, 3.8) is 0 Å². The van der Waals surface area contributed by atoms with Gasteiger partial charge in [-0.25, -0.2) is 0 Å². The number of rotatable bonds is 5. The van der Waals surface area contributed by atoms with E-state index in [2.05, 4.69) is 11.8 Å². The Morgan fingerprint density at radius 3 is 2.64 bits per heavy atom. The second-order valence-electron chi connectivity index (χ2n) is 4.03. The molecule has 0 aromatic carbocycles. The molecule has 1 aliphatic rings. The van der Waals surface area contributed by atoms with Crippen molar-refractivity contribution in [3.8, 4) is 0 Å². The maximum atomic E-state index is 11.2. The number of aliphatic hydroxyl groups excluding tert-OH is 1. The number of aliphatic hydroxyl groups is 1. The van der Waals surface area contributed by atoms with Gasteiger partial charge in [-0.15, -0.1) is 0 Å². The van der Waals surface area contributed by atoms with Gasteiger partial charge in [0.2, 0.25) is 0 Å². The van der Waals surface area contributed by atoms with E-state index < -0.39 is 12.2 Å². The van der Waals surface area contributed by atoms with E-state index >= 15 is 0 Å². The number of esters is 1. The summed E-state index contributed by atoms with van der Waals surface area (Å²) < 4.78 is 5.01. The van der Waals surface area contributed by atoms with Gasteiger partial charge in [0.25, 0.3) is 0 Å². The van der Waals surface area contributed by atoms with Crippen LogP contribution >= 0.6 is 0 Å². The van der Waals surface area contributed by atoms with Crippen molar-refractivity contribution >= 4 is 5.97 Å². The molecule has 14 heavy (non-hydrogen) atoms. The van der Waals surface area contributed by atoms with Crippen molar-refractivity contribution in [2.24, 2.45) is 0 Å². The zero-order chi connectivity index (χ0) is 10.7. The minimum absolute atomic E-state index is 0.225. The van der Waals surface area contributed by atoms with E-state index in [0.29, 0.717) is 12.5 Å². The Bertz CT molecular complexity index is 206. The Morgan fingerprint density at radius 1 is 1.64 bits per heavy atom. The van der Waals surface area contributed by atoms with Crippen molar-refractivity contribution in [1.82, 2.24) is 4.90 Å². The molecule has 4 atom stereocenters. The van der Waals surface area contributed by atoms with E-state index in [1.165, 1.54) is 0 Å². The number of nitrogens with zero attached hydrogens (tertiary/aromatic N) is 1. The lowest BCUT2D eigenvalue weighted by atomic mass is 10.2. The average molecular weight is 201 g/mol. The summed E-state index contributed by atoms with van der Waals surface area (Å²) in [6.07, 6.45) is -0.588. The Kier molecular flexibility index (Phi) is 3.89. The molecule has 0 aromatic heterocycles. The zero-order valence-electron chi connectivity index (χ0n) is 9.06. The minimum atomic E-state index is -0.598. The third-order valence-corrected chi connectivity index (χ3v) is 2.59. The first-order valence-electron chi connectivity index (χ1n) is 5.12. The molecule has 82 valence electrons. The van der Waals surface area contributed by atoms with Crippen molar-refractivity contribution in [1.29, 1.82) is 0 Å². The molecule has 0 aliphatic carbocycles. The van der Waals surface area contributed by atoms with E-state index in [9.17, 15) is 4.79 Å². The summed E-state index contributed by atoms with van der Waals surface area (Å²) in [7, 11) is 0. The number of hydrogen-bond acceptors (Lipinski definition) is 4. The van der Waals surface area contributed by atoms with Crippen molar-refractivity contribution in [2.75, 3.05) is 13.1 Å². The van der Waals surface area contributed by atoms with Crippen LogP contribution in [0.25, 0.3) is 0 Å². The molecule has 1 rings (SSSR count). The third-order valence-electron chi connectivity index (χ3n) is 2.59. The molecule has 0 amide bonds. The highest BCUT2D eigenvalue weighted by Crippen LogP contribution is 2.15. The molecular weight excluding hydrogens is 182 g/mol. The molecule has 0 aromatic rings. The maximum Gasteiger partial charge on any atom is 0.307 e. The van der Waals surface area contributed by atoms with Crippen LogP contribution in [0, 0.1) is 0 Å². The smallest absolute Gasteiger partial charge is 0.307 e. The van der Waals surface area contributed by atoms with E-state index in [1.54, 1.807) is 13.8 Å². The fourth-order valence-corrected chi connectivity index (χ4v) is 1.20. The first kappa shape index (κ1) is 11.5. The fourth-order valence-electron chi connectivity index (χ4n) is 1.20. The molecule has 1 saturated heterocycles. The summed E-state index contributed by atoms with van der Waals surface area (Å²) in [5, 5.41) is 9.11. The molecule has 0 bridgehead atoms. The Labute approximate surface area is 84.8 Å². The standard InChI is InChI=1S/C10H19NO3/c1-7-6-11(7)5-4-10(13)14-9(3)8(2)12/h7-9,12H,4-6H2,1-3H3. The predicted octanol–water partition coefficient (Wildman–Crippen LogP) is 0.393. The van der Waals surface area contributed by atoms with Crippen LogP contribution in [0.5, 0.6) is 0 Å². The van der Waals surface area contributed by atoms with Crippen LogP contribution in [-0.2, 0) is 9.53 Å². The predicted molar refractivity (Wildman–Crippen MR) is 52.9 cm³/mol. The summed E-state index contributed by atoms with van der Waals surface area (Å²) in [6, 6.07) is 0.622. The average Bonchev–Trinajstić information content (AvgIpc) is 2.78. The van der Waals surface area contributed by atoms with Gasteiger partial charge in [-0.05, 0) is 20.8 Å². The normalized spacial score (nSPS) is 29.4. The SMILES string of the molecule is CC(O)C(C)OC(=O)CCN1CC1C. The second-order valence-corrected chi connectivity index (χ2v) is 4.03. The van der Waals surface area contributed by atoms with Crippen LogP contribution < -0.4 is 0 Å². The van der Waals surface area contributed by atoms with Crippen LogP contribution in [0.15, 0.2) is 0 Å². The number of ether oxygens (including phenoxy) is 1. The molecular formula is C10H19NO3. The summed E-state index contributed by atoms with van der Waals surface area (Å²) >= 11 is 0. The minimum Gasteiger partial charge on any atom is -0.460 e. The molecule has 4 nitrogen and oxygen atoms in total. The van der Waals surface area contributed by atoms with Crippen molar-refractivity contribution < 1.29 is 14.6 Å². The lowest BCUT2D eigenvalue weighted by Crippen LogP contribution is -2.26. The highest BCUT2D eigenvalue weighted by molar-refractivity contribution is 5.69. The largest absolute Gasteiger partial charge is 0.460 e. The lowest BCUT2D eigenvalue weighted by Gasteiger charge is -2.15.